The molecular formula is C24H23N3O4S. The third kappa shape index (κ3) is 6.88. The number of benzene rings is 3. The number of anilines is 3. The average molecular weight is 450 g/mol. The van der Waals surface area contributed by atoms with Crippen LogP contribution >= 0.6 is 11.8 Å². The van der Waals surface area contributed by atoms with Crippen LogP contribution in [0.4, 0.5) is 17.1 Å². The SMILES string of the molecule is COc1cccc(C(=O)Nc2ccc(SCC(=O)Nc3ccc(NC(C)=O)cc3)cc2)c1. The molecule has 0 saturated heterocycles. The zero-order valence-electron chi connectivity index (χ0n) is 17.7. The summed E-state index contributed by atoms with van der Waals surface area (Å²) in [6.45, 7) is 1.44. The van der Waals surface area contributed by atoms with E-state index in [-0.39, 0.29) is 23.5 Å². The van der Waals surface area contributed by atoms with E-state index < -0.39 is 0 Å². The molecule has 3 aromatic rings. The van der Waals surface area contributed by atoms with Crippen LogP contribution in [0.1, 0.15) is 17.3 Å². The number of hydrogen-bond acceptors (Lipinski definition) is 5. The summed E-state index contributed by atoms with van der Waals surface area (Å²) in [7, 11) is 1.55. The van der Waals surface area contributed by atoms with E-state index in [9.17, 15) is 14.4 Å². The van der Waals surface area contributed by atoms with Crippen LogP contribution in [0.25, 0.3) is 0 Å². The molecule has 164 valence electrons. The number of methoxy groups -OCH3 is 1. The Labute approximate surface area is 190 Å². The minimum Gasteiger partial charge on any atom is -0.497 e. The van der Waals surface area contributed by atoms with Gasteiger partial charge in [0.25, 0.3) is 5.91 Å². The number of thioether (sulfide) groups is 1. The lowest BCUT2D eigenvalue weighted by atomic mass is 10.2. The third-order valence-corrected chi connectivity index (χ3v) is 5.32. The lowest BCUT2D eigenvalue weighted by molar-refractivity contribution is -0.114. The number of hydrogen-bond donors (Lipinski definition) is 3. The van der Waals surface area contributed by atoms with Crippen LogP contribution in [0.2, 0.25) is 0 Å². The average Bonchev–Trinajstić information content (AvgIpc) is 2.79. The minimum atomic E-state index is -0.229. The maximum atomic E-state index is 12.4. The van der Waals surface area contributed by atoms with Gasteiger partial charge in [-0.1, -0.05) is 6.07 Å². The summed E-state index contributed by atoms with van der Waals surface area (Å²) in [6, 6.07) is 21.1. The molecular weight excluding hydrogens is 426 g/mol. The highest BCUT2D eigenvalue weighted by atomic mass is 32.2. The van der Waals surface area contributed by atoms with E-state index in [1.807, 2.05) is 12.1 Å². The van der Waals surface area contributed by atoms with E-state index in [2.05, 4.69) is 16.0 Å². The molecule has 0 aliphatic rings. The first-order chi connectivity index (χ1) is 15.4. The Morgan fingerprint density at radius 3 is 2.03 bits per heavy atom. The van der Waals surface area contributed by atoms with Crippen LogP contribution in [0.15, 0.2) is 77.7 Å². The molecule has 0 radical (unpaired) electrons. The Morgan fingerprint density at radius 1 is 0.812 bits per heavy atom. The molecule has 3 amide bonds. The largest absolute Gasteiger partial charge is 0.497 e. The molecule has 0 atom stereocenters. The van der Waals surface area contributed by atoms with E-state index in [4.69, 9.17) is 4.74 Å². The Kier molecular flexibility index (Phi) is 7.88. The monoisotopic (exact) mass is 449 g/mol. The Hall–Kier alpha value is -3.78. The van der Waals surface area contributed by atoms with E-state index in [1.54, 1.807) is 67.8 Å². The van der Waals surface area contributed by atoms with Crippen molar-refractivity contribution in [2.45, 2.75) is 11.8 Å². The van der Waals surface area contributed by atoms with Gasteiger partial charge in [-0.05, 0) is 66.7 Å². The molecule has 8 heteroatoms. The predicted molar refractivity (Wildman–Crippen MR) is 127 cm³/mol. The normalized spacial score (nSPS) is 10.2. The predicted octanol–water partition coefficient (Wildman–Crippen LogP) is 4.64. The fraction of sp³-hybridized carbons (Fsp3) is 0.125. The highest BCUT2D eigenvalue weighted by molar-refractivity contribution is 8.00. The fourth-order valence-electron chi connectivity index (χ4n) is 2.79. The van der Waals surface area contributed by atoms with E-state index in [0.717, 1.165) is 4.90 Å². The number of carbonyl (C=O) groups is 3. The molecule has 0 fully saturated rings. The molecule has 32 heavy (non-hydrogen) atoms. The number of nitrogens with one attached hydrogen (secondary N) is 3. The number of rotatable bonds is 8. The summed E-state index contributed by atoms with van der Waals surface area (Å²) in [4.78, 5) is 36.5. The van der Waals surface area contributed by atoms with Crippen molar-refractivity contribution in [2.24, 2.45) is 0 Å². The summed E-state index contributed by atoms with van der Waals surface area (Å²) in [5, 5.41) is 8.33. The van der Waals surface area contributed by atoms with Crippen molar-refractivity contribution in [2.75, 3.05) is 28.8 Å². The first kappa shape index (κ1) is 22.9. The van der Waals surface area contributed by atoms with Crippen LogP contribution < -0.4 is 20.7 Å². The van der Waals surface area contributed by atoms with Crippen molar-refractivity contribution < 1.29 is 19.1 Å². The minimum absolute atomic E-state index is 0.141. The van der Waals surface area contributed by atoms with Crippen LogP contribution in [-0.4, -0.2) is 30.6 Å². The summed E-state index contributed by atoms with van der Waals surface area (Å²) in [5.41, 5.74) is 2.49. The maximum Gasteiger partial charge on any atom is 0.255 e. The summed E-state index contributed by atoms with van der Waals surface area (Å²) >= 11 is 1.39. The lowest BCUT2D eigenvalue weighted by Gasteiger charge is -2.08. The smallest absolute Gasteiger partial charge is 0.255 e. The van der Waals surface area contributed by atoms with Gasteiger partial charge in [0.05, 0.1) is 12.9 Å². The second-order valence-electron chi connectivity index (χ2n) is 6.81. The van der Waals surface area contributed by atoms with Crippen LogP contribution in [0.3, 0.4) is 0 Å². The van der Waals surface area contributed by atoms with E-state index >= 15 is 0 Å². The number of amides is 3. The van der Waals surface area contributed by atoms with Crippen molar-refractivity contribution in [3.8, 4) is 5.75 Å². The van der Waals surface area contributed by atoms with Gasteiger partial charge >= 0.3 is 0 Å². The van der Waals surface area contributed by atoms with Gasteiger partial charge in [-0.15, -0.1) is 11.8 Å². The van der Waals surface area contributed by atoms with Crippen molar-refractivity contribution in [1.82, 2.24) is 0 Å². The van der Waals surface area contributed by atoms with Crippen LogP contribution in [-0.2, 0) is 9.59 Å². The maximum absolute atomic E-state index is 12.4. The molecule has 3 N–H and O–H groups in total. The molecule has 0 aromatic heterocycles. The standard InChI is InChI=1S/C24H23N3O4S/c1-16(28)25-18-6-8-19(9-7-18)26-23(29)15-32-22-12-10-20(11-13-22)27-24(30)17-4-3-5-21(14-17)31-2/h3-14H,15H2,1-2H3,(H,25,28)(H,26,29)(H,27,30). The van der Waals surface area contributed by atoms with Crippen molar-refractivity contribution in [1.29, 1.82) is 0 Å². The first-order valence-corrected chi connectivity index (χ1v) is 10.8. The fourth-order valence-corrected chi connectivity index (χ4v) is 3.49. The molecule has 3 rings (SSSR count). The second kappa shape index (κ2) is 11.0. The molecule has 0 heterocycles. The van der Waals surface area contributed by atoms with Crippen molar-refractivity contribution >= 4 is 46.5 Å². The number of ether oxygens (including phenoxy) is 1. The first-order valence-electron chi connectivity index (χ1n) is 9.79. The number of carbonyl (C=O) groups excluding carboxylic acids is 3. The summed E-state index contributed by atoms with van der Waals surface area (Å²) in [6.07, 6.45) is 0. The molecule has 0 saturated carbocycles. The summed E-state index contributed by atoms with van der Waals surface area (Å²) < 4.78 is 5.14. The Morgan fingerprint density at radius 2 is 1.41 bits per heavy atom. The van der Waals surface area contributed by atoms with Gasteiger partial charge in [-0.2, -0.15) is 0 Å². The molecule has 0 unspecified atom stereocenters. The highest BCUT2D eigenvalue weighted by Gasteiger charge is 2.08. The lowest BCUT2D eigenvalue weighted by Crippen LogP contribution is -2.14. The van der Waals surface area contributed by atoms with Crippen LogP contribution in [0.5, 0.6) is 5.75 Å². The quantitative estimate of drug-likeness (QED) is 0.436. The zero-order chi connectivity index (χ0) is 22.9. The summed E-state index contributed by atoms with van der Waals surface area (Å²) in [5.74, 6) is 0.337. The third-order valence-electron chi connectivity index (χ3n) is 4.30. The topological polar surface area (TPSA) is 96.5 Å². The van der Waals surface area contributed by atoms with Gasteiger partial charge in [-0.3, -0.25) is 14.4 Å². The van der Waals surface area contributed by atoms with E-state index in [1.165, 1.54) is 18.7 Å². The Bertz CT molecular complexity index is 1100. The highest BCUT2D eigenvalue weighted by Crippen LogP contribution is 2.22. The zero-order valence-corrected chi connectivity index (χ0v) is 18.5. The van der Waals surface area contributed by atoms with E-state index in [0.29, 0.717) is 28.4 Å². The van der Waals surface area contributed by atoms with Crippen molar-refractivity contribution in [3.63, 3.8) is 0 Å². The molecule has 0 aliphatic heterocycles. The molecule has 0 bridgehead atoms. The molecule has 0 aliphatic carbocycles. The van der Waals surface area contributed by atoms with Gasteiger partial charge in [0.15, 0.2) is 0 Å². The van der Waals surface area contributed by atoms with Gasteiger partial charge in [0, 0.05) is 34.4 Å². The van der Waals surface area contributed by atoms with Gasteiger partial charge in [-0.25, -0.2) is 0 Å². The van der Waals surface area contributed by atoms with Gasteiger partial charge in [0.2, 0.25) is 11.8 Å². The molecule has 7 nitrogen and oxygen atoms in total. The Balaban J connectivity index is 1.48. The van der Waals surface area contributed by atoms with Crippen LogP contribution in [0, 0.1) is 0 Å². The molecule has 3 aromatic carbocycles. The molecule has 0 spiro atoms. The van der Waals surface area contributed by atoms with Gasteiger partial charge < -0.3 is 20.7 Å². The van der Waals surface area contributed by atoms with Crippen molar-refractivity contribution in [3.05, 3.63) is 78.4 Å². The van der Waals surface area contributed by atoms with Gasteiger partial charge in [0.1, 0.15) is 5.75 Å². The second-order valence-corrected chi connectivity index (χ2v) is 7.85.